The first kappa shape index (κ1) is 15.4. The van der Waals surface area contributed by atoms with E-state index in [9.17, 15) is 0 Å². The predicted octanol–water partition coefficient (Wildman–Crippen LogP) is 3.96. The number of benzene rings is 1. The van der Waals surface area contributed by atoms with E-state index < -0.39 is 0 Å². The van der Waals surface area contributed by atoms with Crippen LogP contribution in [0.1, 0.15) is 45.1 Å². The lowest BCUT2D eigenvalue weighted by Gasteiger charge is -2.21. The van der Waals surface area contributed by atoms with E-state index >= 15 is 0 Å². The molecule has 1 aliphatic heterocycles. The summed E-state index contributed by atoms with van der Waals surface area (Å²) in [5.74, 6) is 1.79. The number of aryl methyl sites for hydroxylation is 1. The van der Waals surface area contributed by atoms with Crippen LogP contribution >= 0.6 is 0 Å². The summed E-state index contributed by atoms with van der Waals surface area (Å²) in [7, 11) is 0. The first-order chi connectivity index (χ1) is 9.65. The minimum absolute atomic E-state index is 0.852. The maximum atomic E-state index is 5.72. The molecule has 112 valence electrons. The number of nitrogens with two attached hydrogens (primary N) is 1. The normalized spacial score (nSPS) is 21.1. The molecule has 1 aromatic carbocycles. The van der Waals surface area contributed by atoms with Crippen LogP contribution in [-0.2, 0) is 6.42 Å². The van der Waals surface area contributed by atoms with Crippen molar-refractivity contribution in [2.75, 3.05) is 25.4 Å². The van der Waals surface area contributed by atoms with E-state index in [0.29, 0.717) is 0 Å². The van der Waals surface area contributed by atoms with Crippen molar-refractivity contribution in [2.24, 2.45) is 11.8 Å². The van der Waals surface area contributed by atoms with Crippen molar-refractivity contribution in [3.63, 3.8) is 0 Å². The summed E-state index contributed by atoms with van der Waals surface area (Å²) >= 11 is 0. The highest BCUT2D eigenvalue weighted by atomic mass is 15.1. The van der Waals surface area contributed by atoms with Crippen LogP contribution in [0.2, 0.25) is 0 Å². The average Bonchev–Trinajstić information content (AvgIpc) is 2.67. The Morgan fingerprint density at radius 3 is 2.60 bits per heavy atom. The van der Waals surface area contributed by atoms with Gasteiger partial charge in [0.15, 0.2) is 0 Å². The van der Waals surface area contributed by atoms with Crippen molar-refractivity contribution in [3.05, 3.63) is 29.8 Å². The van der Waals surface area contributed by atoms with E-state index in [1.165, 1.54) is 57.3 Å². The van der Waals surface area contributed by atoms with Crippen molar-refractivity contribution in [2.45, 2.75) is 46.0 Å². The number of rotatable bonds is 5. The molecule has 1 atom stereocenters. The lowest BCUT2D eigenvalue weighted by Crippen LogP contribution is -2.26. The van der Waals surface area contributed by atoms with Crippen LogP contribution in [0, 0.1) is 11.8 Å². The molecule has 0 bridgehead atoms. The molecule has 1 fully saturated rings. The smallest absolute Gasteiger partial charge is 0.0314 e. The van der Waals surface area contributed by atoms with Gasteiger partial charge in [0.25, 0.3) is 0 Å². The van der Waals surface area contributed by atoms with Gasteiger partial charge in [0.2, 0.25) is 0 Å². The molecule has 0 radical (unpaired) electrons. The molecule has 2 rings (SSSR count). The van der Waals surface area contributed by atoms with Crippen LogP contribution in [0.5, 0.6) is 0 Å². The first-order valence-electron chi connectivity index (χ1n) is 8.22. The summed E-state index contributed by atoms with van der Waals surface area (Å²) in [6.45, 7) is 8.59. The zero-order chi connectivity index (χ0) is 14.4. The molecule has 2 N–H and O–H groups in total. The molecule has 1 aliphatic rings. The Labute approximate surface area is 124 Å². The second-order valence-corrected chi connectivity index (χ2v) is 6.62. The highest BCUT2D eigenvalue weighted by Gasteiger charge is 2.18. The fourth-order valence-electron chi connectivity index (χ4n) is 3.26. The van der Waals surface area contributed by atoms with Crippen LogP contribution < -0.4 is 5.73 Å². The number of nitrogens with zero attached hydrogens (tertiary/aromatic N) is 1. The first-order valence-corrected chi connectivity index (χ1v) is 8.22. The molecule has 1 saturated heterocycles. The summed E-state index contributed by atoms with van der Waals surface area (Å²) in [4.78, 5) is 2.67. The van der Waals surface area contributed by atoms with E-state index in [0.717, 1.165) is 17.5 Å². The third-order valence-corrected chi connectivity index (χ3v) is 4.73. The van der Waals surface area contributed by atoms with E-state index in [1.807, 2.05) is 12.1 Å². The Morgan fingerprint density at radius 2 is 1.90 bits per heavy atom. The zero-order valence-corrected chi connectivity index (χ0v) is 13.1. The number of nitrogen functional groups attached to an aromatic ring is 1. The maximum Gasteiger partial charge on any atom is 0.0314 e. The molecule has 2 nitrogen and oxygen atoms in total. The van der Waals surface area contributed by atoms with Crippen molar-refractivity contribution in [3.8, 4) is 0 Å². The summed E-state index contributed by atoms with van der Waals surface area (Å²) in [5.41, 5.74) is 7.99. The van der Waals surface area contributed by atoms with Gasteiger partial charge in [0.05, 0.1) is 0 Å². The molecule has 0 aliphatic carbocycles. The number of likely N-dealkylation sites (tertiary alicyclic amines) is 1. The van der Waals surface area contributed by atoms with Crippen molar-refractivity contribution < 1.29 is 0 Å². The largest absolute Gasteiger partial charge is 0.399 e. The minimum atomic E-state index is 0.852. The van der Waals surface area contributed by atoms with E-state index in [1.54, 1.807) is 0 Å². The minimum Gasteiger partial charge on any atom is -0.399 e. The van der Waals surface area contributed by atoms with Gasteiger partial charge in [-0.3, -0.25) is 0 Å². The number of anilines is 1. The molecular weight excluding hydrogens is 244 g/mol. The molecule has 0 aromatic heterocycles. The van der Waals surface area contributed by atoms with Gasteiger partial charge in [-0.15, -0.1) is 0 Å². The van der Waals surface area contributed by atoms with Crippen LogP contribution in [0.3, 0.4) is 0 Å². The molecule has 20 heavy (non-hydrogen) atoms. The molecule has 0 spiro atoms. The van der Waals surface area contributed by atoms with Crippen LogP contribution in [0.25, 0.3) is 0 Å². The summed E-state index contributed by atoms with van der Waals surface area (Å²) in [6.07, 6.45) is 6.62. The Bertz CT molecular complexity index is 383. The quantitative estimate of drug-likeness (QED) is 0.824. The Kier molecular flexibility index (Phi) is 5.90. The topological polar surface area (TPSA) is 29.3 Å². The average molecular weight is 274 g/mol. The van der Waals surface area contributed by atoms with Gasteiger partial charge >= 0.3 is 0 Å². The predicted molar refractivity (Wildman–Crippen MR) is 87.8 cm³/mol. The van der Waals surface area contributed by atoms with Crippen LogP contribution in [-0.4, -0.2) is 24.5 Å². The summed E-state index contributed by atoms with van der Waals surface area (Å²) < 4.78 is 0. The summed E-state index contributed by atoms with van der Waals surface area (Å²) in [5, 5.41) is 0. The van der Waals surface area contributed by atoms with E-state index in [4.69, 9.17) is 5.73 Å². The molecule has 2 heteroatoms. The Morgan fingerprint density at radius 1 is 1.15 bits per heavy atom. The van der Waals surface area contributed by atoms with Crippen LogP contribution in [0.15, 0.2) is 24.3 Å². The monoisotopic (exact) mass is 274 g/mol. The van der Waals surface area contributed by atoms with Gasteiger partial charge in [-0.05, 0) is 81.3 Å². The van der Waals surface area contributed by atoms with Gasteiger partial charge < -0.3 is 10.6 Å². The Balaban J connectivity index is 1.70. The third kappa shape index (κ3) is 4.82. The summed E-state index contributed by atoms with van der Waals surface area (Å²) in [6, 6.07) is 8.34. The fraction of sp³-hybridized carbons (Fsp3) is 0.667. The van der Waals surface area contributed by atoms with Gasteiger partial charge in [-0.2, -0.15) is 0 Å². The van der Waals surface area contributed by atoms with E-state index in [-0.39, 0.29) is 0 Å². The zero-order valence-electron chi connectivity index (χ0n) is 13.1. The fourth-order valence-corrected chi connectivity index (χ4v) is 3.26. The Hall–Kier alpha value is -1.02. The number of hydrogen-bond acceptors (Lipinski definition) is 2. The highest BCUT2D eigenvalue weighted by Crippen LogP contribution is 2.24. The molecule has 1 unspecified atom stereocenters. The SMILES string of the molecule is CC(C)C1CCCN(CCCc2ccc(N)cc2)CC1. The van der Waals surface area contributed by atoms with E-state index in [2.05, 4.69) is 30.9 Å². The lowest BCUT2D eigenvalue weighted by atomic mass is 9.89. The molecule has 0 saturated carbocycles. The highest BCUT2D eigenvalue weighted by molar-refractivity contribution is 5.39. The third-order valence-electron chi connectivity index (χ3n) is 4.73. The second-order valence-electron chi connectivity index (χ2n) is 6.62. The van der Waals surface area contributed by atoms with Gasteiger partial charge in [0, 0.05) is 5.69 Å². The second kappa shape index (κ2) is 7.68. The number of hydrogen-bond donors (Lipinski definition) is 1. The lowest BCUT2D eigenvalue weighted by molar-refractivity contribution is 0.269. The molecular formula is C18H30N2. The van der Waals surface area contributed by atoms with Gasteiger partial charge in [-0.1, -0.05) is 26.0 Å². The molecule has 1 aromatic rings. The molecule has 0 amide bonds. The van der Waals surface area contributed by atoms with Gasteiger partial charge in [0.1, 0.15) is 0 Å². The van der Waals surface area contributed by atoms with Crippen LogP contribution in [0.4, 0.5) is 5.69 Å². The van der Waals surface area contributed by atoms with Crippen molar-refractivity contribution in [1.29, 1.82) is 0 Å². The van der Waals surface area contributed by atoms with Crippen molar-refractivity contribution in [1.82, 2.24) is 4.90 Å². The maximum absolute atomic E-state index is 5.72. The van der Waals surface area contributed by atoms with Gasteiger partial charge in [-0.25, -0.2) is 0 Å². The molecule has 1 heterocycles. The van der Waals surface area contributed by atoms with Crippen molar-refractivity contribution >= 4 is 5.69 Å². The standard InChI is InChI=1S/C18H30N2/c1-15(2)17-6-4-13-20(14-11-17)12-3-5-16-7-9-18(19)10-8-16/h7-10,15,17H,3-6,11-14,19H2,1-2H3.